The van der Waals surface area contributed by atoms with Crippen molar-refractivity contribution in [1.29, 1.82) is 0 Å². The van der Waals surface area contributed by atoms with Crippen LogP contribution in [0.3, 0.4) is 0 Å². The van der Waals surface area contributed by atoms with Crippen LogP contribution in [0.4, 0.5) is 0 Å². The molecule has 0 amide bonds. The van der Waals surface area contributed by atoms with E-state index in [-0.39, 0.29) is 5.75 Å². The largest absolute Gasteiger partial charge is 0.507 e. The standard InChI is InChI=1S/C9H9ClN2O/c1-2-12-6-4-3-5-7(13)8(6)9(10)11-12/h3-5,13H,2H2,1H3. The summed E-state index contributed by atoms with van der Waals surface area (Å²) in [5.41, 5.74) is 0.868. The van der Waals surface area contributed by atoms with Crippen molar-refractivity contribution in [3.8, 4) is 5.75 Å². The molecule has 0 saturated carbocycles. The van der Waals surface area contributed by atoms with E-state index in [0.717, 1.165) is 12.1 Å². The number of rotatable bonds is 1. The predicted octanol–water partition coefficient (Wildman–Crippen LogP) is 2.42. The van der Waals surface area contributed by atoms with Crippen LogP contribution in [0.25, 0.3) is 10.9 Å². The number of phenolic OH excluding ortho intramolecular Hbond substituents is 1. The zero-order chi connectivity index (χ0) is 9.42. The molecule has 0 aliphatic heterocycles. The van der Waals surface area contributed by atoms with Gasteiger partial charge in [0.1, 0.15) is 5.75 Å². The Labute approximate surface area is 80.5 Å². The van der Waals surface area contributed by atoms with Crippen LogP contribution in [-0.4, -0.2) is 14.9 Å². The van der Waals surface area contributed by atoms with Crippen molar-refractivity contribution >= 4 is 22.5 Å². The lowest BCUT2D eigenvalue weighted by molar-refractivity contribution is 0.481. The molecule has 0 unspecified atom stereocenters. The molecule has 0 fully saturated rings. The summed E-state index contributed by atoms with van der Waals surface area (Å²) in [5, 5.41) is 14.6. The minimum atomic E-state index is 0.183. The monoisotopic (exact) mass is 196 g/mol. The summed E-state index contributed by atoms with van der Waals surface area (Å²) < 4.78 is 1.76. The molecule has 0 spiro atoms. The topological polar surface area (TPSA) is 38.0 Å². The first-order valence-electron chi connectivity index (χ1n) is 4.08. The second-order valence-electron chi connectivity index (χ2n) is 2.78. The van der Waals surface area contributed by atoms with Crippen molar-refractivity contribution in [2.24, 2.45) is 0 Å². The number of aromatic nitrogens is 2. The number of hydrogen-bond donors (Lipinski definition) is 1. The van der Waals surface area contributed by atoms with Gasteiger partial charge in [-0.3, -0.25) is 4.68 Å². The van der Waals surface area contributed by atoms with Gasteiger partial charge in [0.2, 0.25) is 0 Å². The van der Waals surface area contributed by atoms with Gasteiger partial charge in [0.25, 0.3) is 0 Å². The summed E-state index contributed by atoms with van der Waals surface area (Å²) in [5.74, 6) is 0.183. The molecule has 0 aliphatic carbocycles. The molecular formula is C9H9ClN2O. The molecule has 13 heavy (non-hydrogen) atoms. The second kappa shape index (κ2) is 2.92. The molecule has 4 heteroatoms. The van der Waals surface area contributed by atoms with E-state index >= 15 is 0 Å². The first-order chi connectivity index (χ1) is 6.24. The normalized spacial score (nSPS) is 10.9. The van der Waals surface area contributed by atoms with E-state index < -0.39 is 0 Å². The van der Waals surface area contributed by atoms with Gasteiger partial charge in [-0.1, -0.05) is 17.7 Å². The molecule has 1 aromatic carbocycles. The highest BCUT2D eigenvalue weighted by atomic mass is 35.5. The van der Waals surface area contributed by atoms with Crippen molar-refractivity contribution in [2.45, 2.75) is 13.5 Å². The van der Waals surface area contributed by atoms with E-state index in [1.165, 1.54) is 0 Å². The van der Waals surface area contributed by atoms with Crippen LogP contribution < -0.4 is 0 Å². The number of phenols is 1. The van der Waals surface area contributed by atoms with Crippen LogP contribution >= 0.6 is 11.6 Å². The molecule has 1 heterocycles. The van der Waals surface area contributed by atoms with Gasteiger partial charge in [0, 0.05) is 6.54 Å². The van der Waals surface area contributed by atoms with Gasteiger partial charge in [-0.05, 0) is 19.1 Å². The summed E-state index contributed by atoms with van der Waals surface area (Å²) in [7, 11) is 0. The van der Waals surface area contributed by atoms with Gasteiger partial charge < -0.3 is 5.11 Å². The molecule has 1 aromatic heterocycles. The maximum Gasteiger partial charge on any atom is 0.162 e. The maximum atomic E-state index is 9.52. The number of benzene rings is 1. The lowest BCUT2D eigenvalue weighted by atomic mass is 10.2. The highest BCUT2D eigenvalue weighted by molar-refractivity contribution is 6.34. The Morgan fingerprint density at radius 3 is 3.00 bits per heavy atom. The molecule has 1 N–H and O–H groups in total. The van der Waals surface area contributed by atoms with E-state index in [4.69, 9.17) is 11.6 Å². The third kappa shape index (κ3) is 1.16. The average molecular weight is 197 g/mol. The van der Waals surface area contributed by atoms with E-state index in [0.29, 0.717) is 10.5 Å². The van der Waals surface area contributed by atoms with Crippen LogP contribution in [0.2, 0.25) is 5.15 Å². The van der Waals surface area contributed by atoms with Crippen LogP contribution in [0.1, 0.15) is 6.92 Å². The summed E-state index contributed by atoms with van der Waals surface area (Å²) in [6, 6.07) is 5.27. The summed E-state index contributed by atoms with van der Waals surface area (Å²) in [4.78, 5) is 0. The Hall–Kier alpha value is -1.22. The van der Waals surface area contributed by atoms with Crippen LogP contribution in [0.5, 0.6) is 5.75 Å². The highest BCUT2D eigenvalue weighted by Gasteiger charge is 2.10. The van der Waals surface area contributed by atoms with Gasteiger partial charge in [-0.15, -0.1) is 0 Å². The summed E-state index contributed by atoms with van der Waals surface area (Å²) in [6.07, 6.45) is 0. The quantitative estimate of drug-likeness (QED) is 0.761. The number of halogens is 1. The lowest BCUT2D eigenvalue weighted by Gasteiger charge is -1.97. The summed E-state index contributed by atoms with van der Waals surface area (Å²) >= 11 is 5.87. The zero-order valence-corrected chi connectivity index (χ0v) is 7.91. The zero-order valence-electron chi connectivity index (χ0n) is 7.16. The van der Waals surface area contributed by atoms with E-state index in [1.807, 2.05) is 13.0 Å². The minimum Gasteiger partial charge on any atom is -0.507 e. The van der Waals surface area contributed by atoms with Crippen LogP contribution in [-0.2, 0) is 6.54 Å². The Balaban J connectivity index is 2.87. The third-order valence-corrected chi connectivity index (χ3v) is 2.28. The molecule has 0 bridgehead atoms. The third-order valence-electron chi connectivity index (χ3n) is 2.01. The van der Waals surface area contributed by atoms with Gasteiger partial charge in [0.15, 0.2) is 5.15 Å². The fraction of sp³-hybridized carbons (Fsp3) is 0.222. The highest BCUT2D eigenvalue weighted by Crippen LogP contribution is 2.30. The van der Waals surface area contributed by atoms with Crippen molar-refractivity contribution in [1.82, 2.24) is 9.78 Å². The number of fused-ring (bicyclic) bond motifs is 1. The number of nitrogens with zero attached hydrogens (tertiary/aromatic N) is 2. The second-order valence-corrected chi connectivity index (χ2v) is 3.14. The lowest BCUT2D eigenvalue weighted by Crippen LogP contribution is -1.94. The molecule has 0 saturated heterocycles. The molecule has 68 valence electrons. The fourth-order valence-electron chi connectivity index (χ4n) is 1.41. The fourth-order valence-corrected chi connectivity index (χ4v) is 1.69. The van der Waals surface area contributed by atoms with E-state index in [2.05, 4.69) is 5.10 Å². The molecule has 3 nitrogen and oxygen atoms in total. The maximum absolute atomic E-state index is 9.52. The Bertz CT molecular complexity index is 450. The van der Waals surface area contributed by atoms with Gasteiger partial charge in [0.05, 0.1) is 10.9 Å². The van der Waals surface area contributed by atoms with Crippen molar-refractivity contribution < 1.29 is 5.11 Å². The van der Waals surface area contributed by atoms with E-state index in [1.54, 1.807) is 16.8 Å². The smallest absolute Gasteiger partial charge is 0.162 e. The van der Waals surface area contributed by atoms with E-state index in [9.17, 15) is 5.11 Å². The van der Waals surface area contributed by atoms with Crippen LogP contribution in [0, 0.1) is 0 Å². The predicted molar refractivity (Wildman–Crippen MR) is 52.1 cm³/mol. The molecule has 0 aliphatic rings. The Morgan fingerprint density at radius 1 is 1.54 bits per heavy atom. The molecule has 2 aromatic rings. The SMILES string of the molecule is CCn1nc(Cl)c2c(O)cccc21. The Kier molecular flexibility index (Phi) is 1.88. The molecule has 0 radical (unpaired) electrons. The molecule has 2 rings (SSSR count). The van der Waals surface area contributed by atoms with Gasteiger partial charge >= 0.3 is 0 Å². The van der Waals surface area contributed by atoms with Gasteiger partial charge in [-0.25, -0.2) is 0 Å². The number of hydrogen-bond acceptors (Lipinski definition) is 2. The van der Waals surface area contributed by atoms with Gasteiger partial charge in [-0.2, -0.15) is 5.10 Å². The van der Waals surface area contributed by atoms with Crippen molar-refractivity contribution in [3.63, 3.8) is 0 Å². The van der Waals surface area contributed by atoms with Crippen molar-refractivity contribution in [3.05, 3.63) is 23.4 Å². The molecule has 0 atom stereocenters. The first-order valence-corrected chi connectivity index (χ1v) is 4.46. The average Bonchev–Trinajstić information content (AvgIpc) is 2.44. The van der Waals surface area contributed by atoms with Crippen molar-refractivity contribution in [2.75, 3.05) is 0 Å². The van der Waals surface area contributed by atoms with Crippen LogP contribution in [0.15, 0.2) is 18.2 Å². The summed E-state index contributed by atoms with van der Waals surface area (Å²) in [6.45, 7) is 2.72. The first kappa shape index (κ1) is 8.38. The molecular weight excluding hydrogens is 188 g/mol. The Morgan fingerprint density at radius 2 is 2.31 bits per heavy atom. The number of aryl methyl sites for hydroxylation is 1. The minimum absolute atomic E-state index is 0.183. The number of aromatic hydroxyl groups is 1.